The summed E-state index contributed by atoms with van der Waals surface area (Å²) in [6, 6.07) is 18.4. The summed E-state index contributed by atoms with van der Waals surface area (Å²) in [4.78, 5) is 12.0. The molecule has 25 heavy (non-hydrogen) atoms. The van der Waals surface area contributed by atoms with Crippen LogP contribution in [0.25, 0.3) is 0 Å². The molecule has 6 nitrogen and oxygen atoms in total. The Kier molecular flexibility index (Phi) is 5.07. The molecule has 0 fully saturated rings. The van der Waals surface area contributed by atoms with E-state index in [4.69, 9.17) is 5.26 Å². The fraction of sp³-hybridized carbons (Fsp3) is 0.105. The number of carbonyl (C=O) groups excluding carboxylic acids is 1. The number of nitrogens with zero attached hydrogens (tertiary/aromatic N) is 3. The number of nitriles is 1. The molecule has 0 aliphatic rings. The van der Waals surface area contributed by atoms with Gasteiger partial charge < -0.3 is 10.6 Å². The topological polar surface area (TPSA) is 82.7 Å². The Morgan fingerprint density at radius 3 is 2.68 bits per heavy atom. The number of rotatable bonds is 5. The second kappa shape index (κ2) is 7.79. The third-order valence-electron chi connectivity index (χ3n) is 3.62. The van der Waals surface area contributed by atoms with Gasteiger partial charge in [-0.25, -0.2) is 4.79 Å². The number of aromatic nitrogens is 2. The molecule has 124 valence electrons. The number of anilines is 1. The third kappa shape index (κ3) is 4.69. The molecule has 3 rings (SSSR count). The SMILES string of the molecule is N#Cc1cccc(CNC(=O)Nc2ccc(Cn3cccn3)cc2)c1. The van der Waals surface area contributed by atoms with Crippen LogP contribution in [0.15, 0.2) is 67.0 Å². The van der Waals surface area contributed by atoms with Gasteiger partial charge in [-0.05, 0) is 41.5 Å². The van der Waals surface area contributed by atoms with E-state index in [0.29, 0.717) is 24.3 Å². The molecule has 2 amide bonds. The maximum atomic E-state index is 12.0. The zero-order valence-corrected chi connectivity index (χ0v) is 13.5. The lowest BCUT2D eigenvalue weighted by Gasteiger charge is -2.09. The molecule has 0 aliphatic heterocycles. The number of amides is 2. The Hall–Kier alpha value is -3.59. The van der Waals surface area contributed by atoms with Crippen LogP contribution in [0.3, 0.4) is 0 Å². The van der Waals surface area contributed by atoms with Crippen molar-refractivity contribution in [3.05, 3.63) is 83.7 Å². The van der Waals surface area contributed by atoms with E-state index in [-0.39, 0.29) is 6.03 Å². The minimum Gasteiger partial charge on any atom is -0.334 e. The van der Waals surface area contributed by atoms with Gasteiger partial charge in [0, 0.05) is 24.6 Å². The lowest BCUT2D eigenvalue weighted by molar-refractivity contribution is 0.251. The highest BCUT2D eigenvalue weighted by Gasteiger charge is 2.03. The van der Waals surface area contributed by atoms with E-state index >= 15 is 0 Å². The summed E-state index contributed by atoms with van der Waals surface area (Å²) in [5.41, 5.74) is 3.27. The molecule has 1 aromatic heterocycles. The molecule has 0 saturated carbocycles. The molecule has 0 saturated heterocycles. The summed E-state index contributed by atoms with van der Waals surface area (Å²) < 4.78 is 1.84. The van der Waals surface area contributed by atoms with Crippen LogP contribution in [-0.4, -0.2) is 15.8 Å². The van der Waals surface area contributed by atoms with Crippen LogP contribution in [0.2, 0.25) is 0 Å². The van der Waals surface area contributed by atoms with Crippen LogP contribution < -0.4 is 10.6 Å². The predicted molar refractivity (Wildman–Crippen MR) is 94.8 cm³/mol. The summed E-state index contributed by atoms with van der Waals surface area (Å²) in [5, 5.41) is 18.6. The molecule has 2 aromatic carbocycles. The molecule has 1 heterocycles. The van der Waals surface area contributed by atoms with Crippen LogP contribution in [0.5, 0.6) is 0 Å². The Balaban J connectivity index is 1.51. The summed E-state index contributed by atoms with van der Waals surface area (Å²) in [5.74, 6) is 0. The predicted octanol–water partition coefficient (Wildman–Crippen LogP) is 3.12. The Labute approximate surface area is 145 Å². The third-order valence-corrected chi connectivity index (χ3v) is 3.62. The van der Waals surface area contributed by atoms with Crippen molar-refractivity contribution < 1.29 is 4.79 Å². The molecule has 0 aliphatic carbocycles. The minimum atomic E-state index is -0.290. The number of hydrogen-bond donors (Lipinski definition) is 2. The van der Waals surface area contributed by atoms with E-state index in [1.54, 1.807) is 24.4 Å². The zero-order valence-electron chi connectivity index (χ0n) is 13.5. The number of nitrogens with one attached hydrogen (secondary N) is 2. The van der Waals surface area contributed by atoms with Crippen molar-refractivity contribution in [1.82, 2.24) is 15.1 Å². The van der Waals surface area contributed by atoms with Crippen molar-refractivity contribution in [1.29, 1.82) is 5.26 Å². The van der Waals surface area contributed by atoms with Crippen LogP contribution in [-0.2, 0) is 13.1 Å². The van der Waals surface area contributed by atoms with Crippen molar-refractivity contribution in [2.45, 2.75) is 13.1 Å². The summed E-state index contributed by atoms with van der Waals surface area (Å²) >= 11 is 0. The van der Waals surface area contributed by atoms with Crippen molar-refractivity contribution >= 4 is 11.7 Å². The monoisotopic (exact) mass is 331 g/mol. The van der Waals surface area contributed by atoms with Crippen LogP contribution >= 0.6 is 0 Å². The molecule has 0 atom stereocenters. The van der Waals surface area contributed by atoms with Crippen molar-refractivity contribution in [2.24, 2.45) is 0 Å². The number of urea groups is 1. The molecular weight excluding hydrogens is 314 g/mol. The number of carbonyl (C=O) groups is 1. The molecule has 0 bridgehead atoms. The first kappa shape index (κ1) is 16.3. The molecule has 3 aromatic rings. The highest BCUT2D eigenvalue weighted by molar-refractivity contribution is 5.89. The van der Waals surface area contributed by atoms with E-state index < -0.39 is 0 Å². The highest BCUT2D eigenvalue weighted by Crippen LogP contribution is 2.11. The van der Waals surface area contributed by atoms with Gasteiger partial charge in [0.05, 0.1) is 18.2 Å². The van der Waals surface area contributed by atoms with Crippen LogP contribution in [0.1, 0.15) is 16.7 Å². The average molecular weight is 331 g/mol. The normalized spacial score (nSPS) is 10.0. The van der Waals surface area contributed by atoms with Gasteiger partial charge in [-0.15, -0.1) is 0 Å². The summed E-state index contributed by atoms with van der Waals surface area (Å²) in [6.07, 6.45) is 3.65. The van der Waals surface area contributed by atoms with Crippen LogP contribution in [0.4, 0.5) is 10.5 Å². The Morgan fingerprint density at radius 2 is 1.96 bits per heavy atom. The summed E-state index contributed by atoms with van der Waals surface area (Å²) in [6.45, 7) is 1.05. The molecular formula is C19H17N5O. The maximum absolute atomic E-state index is 12.0. The van der Waals surface area contributed by atoms with Gasteiger partial charge >= 0.3 is 6.03 Å². The lowest BCUT2D eigenvalue weighted by atomic mass is 10.1. The molecule has 2 N–H and O–H groups in total. The summed E-state index contributed by atoms with van der Waals surface area (Å²) in [7, 11) is 0. The number of benzene rings is 2. The maximum Gasteiger partial charge on any atom is 0.319 e. The van der Waals surface area contributed by atoms with Gasteiger partial charge in [-0.3, -0.25) is 4.68 Å². The Morgan fingerprint density at radius 1 is 1.12 bits per heavy atom. The van der Waals surface area contributed by atoms with Gasteiger partial charge in [-0.2, -0.15) is 10.4 Å². The Bertz CT molecular complexity index is 879. The average Bonchev–Trinajstić information content (AvgIpc) is 3.15. The van der Waals surface area contributed by atoms with Gasteiger partial charge in [0.1, 0.15) is 0 Å². The molecule has 0 spiro atoms. The van der Waals surface area contributed by atoms with Gasteiger partial charge in [-0.1, -0.05) is 24.3 Å². The second-order valence-corrected chi connectivity index (χ2v) is 5.52. The molecule has 0 radical (unpaired) electrons. The zero-order chi connectivity index (χ0) is 17.5. The van der Waals surface area contributed by atoms with E-state index in [1.165, 1.54) is 0 Å². The first-order valence-electron chi connectivity index (χ1n) is 7.83. The largest absolute Gasteiger partial charge is 0.334 e. The van der Waals surface area contributed by atoms with Crippen molar-refractivity contribution in [3.8, 4) is 6.07 Å². The highest BCUT2D eigenvalue weighted by atomic mass is 16.2. The first-order valence-corrected chi connectivity index (χ1v) is 7.83. The van der Waals surface area contributed by atoms with Gasteiger partial charge in [0.25, 0.3) is 0 Å². The van der Waals surface area contributed by atoms with Crippen LogP contribution in [0, 0.1) is 11.3 Å². The van der Waals surface area contributed by atoms with Gasteiger partial charge in [0.2, 0.25) is 0 Å². The molecule has 0 unspecified atom stereocenters. The second-order valence-electron chi connectivity index (χ2n) is 5.52. The minimum absolute atomic E-state index is 0.290. The van der Waals surface area contributed by atoms with Crippen molar-refractivity contribution in [2.75, 3.05) is 5.32 Å². The lowest BCUT2D eigenvalue weighted by Crippen LogP contribution is -2.28. The fourth-order valence-electron chi connectivity index (χ4n) is 2.38. The fourth-order valence-corrected chi connectivity index (χ4v) is 2.38. The quantitative estimate of drug-likeness (QED) is 0.753. The van der Waals surface area contributed by atoms with E-state index in [9.17, 15) is 4.79 Å². The van der Waals surface area contributed by atoms with Gasteiger partial charge in [0.15, 0.2) is 0 Å². The van der Waals surface area contributed by atoms with Crippen molar-refractivity contribution in [3.63, 3.8) is 0 Å². The van der Waals surface area contributed by atoms with E-state index in [1.807, 2.05) is 47.3 Å². The number of hydrogen-bond acceptors (Lipinski definition) is 3. The van der Waals surface area contributed by atoms with E-state index in [2.05, 4.69) is 21.8 Å². The molecule has 6 heteroatoms. The first-order chi connectivity index (χ1) is 12.2. The van der Waals surface area contributed by atoms with E-state index in [0.717, 1.165) is 11.1 Å². The smallest absolute Gasteiger partial charge is 0.319 e. The standard InChI is InChI=1S/C19H17N5O/c20-12-16-3-1-4-17(11-16)13-21-19(25)23-18-7-5-15(6-8-18)14-24-10-2-9-22-24/h1-11H,13-14H2,(H2,21,23,25).